The lowest BCUT2D eigenvalue weighted by Gasteiger charge is -2.14. The van der Waals surface area contributed by atoms with Crippen LogP contribution in [-0.4, -0.2) is 41.7 Å². The van der Waals surface area contributed by atoms with Gasteiger partial charge in [0, 0.05) is 0 Å². The molecule has 0 amide bonds. The summed E-state index contributed by atoms with van der Waals surface area (Å²) in [6, 6.07) is 9.79. The molecule has 1 aliphatic heterocycles. The largest absolute Gasteiger partial charge is 0.388 e. The van der Waals surface area contributed by atoms with Gasteiger partial charge in [-0.1, -0.05) is 30.3 Å². The summed E-state index contributed by atoms with van der Waals surface area (Å²) >= 11 is 0. The van der Waals surface area contributed by atoms with Crippen LogP contribution in [0, 0.1) is 0 Å². The van der Waals surface area contributed by atoms with Gasteiger partial charge in [-0.15, -0.1) is 0 Å². The second-order valence-corrected chi connectivity index (χ2v) is 3.93. The van der Waals surface area contributed by atoms with Crippen LogP contribution in [0.15, 0.2) is 30.3 Å². The minimum absolute atomic E-state index is 0.181. The molecule has 0 spiro atoms. The molecule has 1 heterocycles. The summed E-state index contributed by atoms with van der Waals surface area (Å²) in [5.41, 5.74) is 1.08. The van der Waals surface area contributed by atoms with E-state index in [-0.39, 0.29) is 6.61 Å². The molecule has 4 nitrogen and oxygen atoms in total. The van der Waals surface area contributed by atoms with Crippen LogP contribution < -0.4 is 0 Å². The molecule has 0 unspecified atom stereocenters. The van der Waals surface area contributed by atoms with E-state index in [1.165, 1.54) is 0 Å². The Hall–Kier alpha value is -0.940. The highest BCUT2D eigenvalue weighted by atomic mass is 16.6. The Morgan fingerprint density at radius 3 is 2.62 bits per heavy atom. The molecule has 16 heavy (non-hydrogen) atoms. The van der Waals surface area contributed by atoms with Crippen LogP contribution in [0.2, 0.25) is 0 Å². The third kappa shape index (κ3) is 2.80. The van der Waals surface area contributed by atoms with Crippen molar-refractivity contribution < 1.29 is 19.7 Å². The molecule has 1 fully saturated rings. The highest BCUT2D eigenvalue weighted by molar-refractivity contribution is 5.13. The highest BCUT2D eigenvalue weighted by Crippen LogP contribution is 2.15. The van der Waals surface area contributed by atoms with E-state index < -0.39 is 18.3 Å². The van der Waals surface area contributed by atoms with Crippen molar-refractivity contribution in [1.82, 2.24) is 0 Å². The van der Waals surface area contributed by atoms with Gasteiger partial charge in [0.05, 0.1) is 19.8 Å². The predicted molar refractivity (Wildman–Crippen MR) is 57.9 cm³/mol. The van der Waals surface area contributed by atoms with Crippen molar-refractivity contribution in [3.8, 4) is 0 Å². The first-order chi connectivity index (χ1) is 7.77. The van der Waals surface area contributed by atoms with Crippen LogP contribution in [0.25, 0.3) is 0 Å². The SMILES string of the molecule is O[C@H]1[C@@H](O)CO[C@@H]1COCc1ccccc1. The van der Waals surface area contributed by atoms with Gasteiger partial charge >= 0.3 is 0 Å². The van der Waals surface area contributed by atoms with Gasteiger partial charge < -0.3 is 19.7 Å². The zero-order valence-electron chi connectivity index (χ0n) is 8.95. The average molecular weight is 224 g/mol. The molecule has 88 valence electrons. The number of hydrogen-bond acceptors (Lipinski definition) is 4. The van der Waals surface area contributed by atoms with Crippen LogP contribution in [0.3, 0.4) is 0 Å². The van der Waals surface area contributed by atoms with E-state index in [1.807, 2.05) is 30.3 Å². The van der Waals surface area contributed by atoms with Crippen molar-refractivity contribution in [2.75, 3.05) is 13.2 Å². The molecule has 3 atom stereocenters. The molecule has 0 aromatic heterocycles. The van der Waals surface area contributed by atoms with E-state index in [0.29, 0.717) is 13.2 Å². The van der Waals surface area contributed by atoms with Crippen molar-refractivity contribution in [1.29, 1.82) is 0 Å². The lowest BCUT2D eigenvalue weighted by atomic mass is 10.1. The Morgan fingerprint density at radius 1 is 1.25 bits per heavy atom. The molecule has 1 aromatic carbocycles. The highest BCUT2D eigenvalue weighted by Gasteiger charge is 2.34. The van der Waals surface area contributed by atoms with E-state index in [1.54, 1.807) is 0 Å². The summed E-state index contributed by atoms with van der Waals surface area (Å²) < 4.78 is 10.6. The Morgan fingerprint density at radius 2 is 2.00 bits per heavy atom. The smallest absolute Gasteiger partial charge is 0.110 e. The standard InChI is InChI=1S/C12H16O4/c13-10-7-16-11(12(10)14)8-15-6-9-4-2-1-3-5-9/h1-5,10-14H,6-8H2/t10-,11+,12-/m0/s1. The number of hydrogen-bond donors (Lipinski definition) is 2. The molecule has 2 N–H and O–H groups in total. The Labute approximate surface area is 94.4 Å². The fraction of sp³-hybridized carbons (Fsp3) is 0.500. The zero-order chi connectivity index (χ0) is 11.4. The third-order valence-electron chi connectivity index (χ3n) is 2.65. The van der Waals surface area contributed by atoms with Crippen molar-refractivity contribution in [2.24, 2.45) is 0 Å². The van der Waals surface area contributed by atoms with Gasteiger partial charge in [0.15, 0.2) is 0 Å². The summed E-state index contributed by atoms with van der Waals surface area (Å²) in [5, 5.41) is 18.8. The normalized spacial score (nSPS) is 29.5. The minimum atomic E-state index is -0.837. The Balaban J connectivity index is 1.73. The first-order valence-corrected chi connectivity index (χ1v) is 5.37. The Kier molecular flexibility index (Phi) is 3.90. The van der Waals surface area contributed by atoms with E-state index in [0.717, 1.165) is 5.56 Å². The Bertz CT molecular complexity index is 314. The molecule has 1 saturated heterocycles. The van der Waals surface area contributed by atoms with Gasteiger partial charge in [0.2, 0.25) is 0 Å². The van der Waals surface area contributed by atoms with Gasteiger partial charge in [-0.3, -0.25) is 0 Å². The lowest BCUT2D eigenvalue weighted by molar-refractivity contribution is -0.0344. The minimum Gasteiger partial charge on any atom is -0.388 e. The third-order valence-corrected chi connectivity index (χ3v) is 2.65. The van der Waals surface area contributed by atoms with Gasteiger partial charge in [0.1, 0.15) is 18.3 Å². The maximum atomic E-state index is 9.50. The van der Waals surface area contributed by atoms with Crippen molar-refractivity contribution >= 4 is 0 Å². The molecule has 0 saturated carbocycles. The molecular weight excluding hydrogens is 208 g/mol. The van der Waals surface area contributed by atoms with Gasteiger partial charge in [0.25, 0.3) is 0 Å². The van der Waals surface area contributed by atoms with Crippen LogP contribution >= 0.6 is 0 Å². The second-order valence-electron chi connectivity index (χ2n) is 3.93. The van der Waals surface area contributed by atoms with Gasteiger partial charge in [-0.25, -0.2) is 0 Å². The first kappa shape index (κ1) is 11.5. The van der Waals surface area contributed by atoms with E-state index in [2.05, 4.69) is 0 Å². The van der Waals surface area contributed by atoms with Crippen molar-refractivity contribution in [3.05, 3.63) is 35.9 Å². The number of aliphatic hydroxyl groups is 2. The summed E-state index contributed by atoms with van der Waals surface area (Å²) in [6.07, 6.45) is -2.04. The quantitative estimate of drug-likeness (QED) is 0.773. The fourth-order valence-corrected chi connectivity index (χ4v) is 1.68. The second kappa shape index (κ2) is 5.41. The molecule has 2 rings (SSSR count). The molecule has 0 bridgehead atoms. The fourth-order valence-electron chi connectivity index (χ4n) is 1.68. The summed E-state index contributed by atoms with van der Waals surface area (Å²) in [5.74, 6) is 0. The lowest BCUT2D eigenvalue weighted by Crippen LogP contribution is -2.32. The number of rotatable bonds is 4. The topological polar surface area (TPSA) is 58.9 Å². The van der Waals surface area contributed by atoms with Gasteiger partial charge in [-0.2, -0.15) is 0 Å². The monoisotopic (exact) mass is 224 g/mol. The summed E-state index contributed by atoms with van der Waals surface area (Å²) in [7, 11) is 0. The molecule has 4 heteroatoms. The molecule has 1 aliphatic rings. The number of benzene rings is 1. The molecular formula is C12H16O4. The summed E-state index contributed by atoms with van der Waals surface area (Å²) in [4.78, 5) is 0. The maximum Gasteiger partial charge on any atom is 0.110 e. The first-order valence-electron chi connectivity index (χ1n) is 5.37. The maximum absolute atomic E-state index is 9.50. The zero-order valence-corrected chi connectivity index (χ0v) is 8.95. The number of ether oxygens (including phenoxy) is 2. The van der Waals surface area contributed by atoms with Gasteiger partial charge in [-0.05, 0) is 5.56 Å². The number of aliphatic hydroxyl groups excluding tert-OH is 2. The van der Waals surface area contributed by atoms with E-state index in [4.69, 9.17) is 9.47 Å². The van der Waals surface area contributed by atoms with Crippen LogP contribution in [0.5, 0.6) is 0 Å². The predicted octanol–water partition coefficient (Wildman–Crippen LogP) is 0.324. The summed E-state index contributed by atoms with van der Waals surface area (Å²) in [6.45, 7) is 0.969. The van der Waals surface area contributed by atoms with E-state index in [9.17, 15) is 10.2 Å². The van der Waals surface area contributed by atoms with Crippen LogP contribution in [0.1, 0.15) is 5.56 Å². The molecule has 0 aliphatic carbocycles. The van der Waals surface area contributed by atoms with E-state index >= 15 is 0 Å². The van der Waals surface area contributed by atoms with Crippen molar-refractivity contribution in [3.63, 3.8) is 0 Å². The van der Waals surface area contributed by atoms with Crippen LogP contribution in [0.4, 0.5) is 0 Å². The molecule has 0 radical (unpaired) electrons. The molecule has 1 aromatic rings. The average Bonchev–Trinajstić information content (AvgIpc) is 2.62. The van der Waals surface area contributed by atoms with Crippen molar-refractivity contribution in [2.45, 2.75) is 24.9 Å². The van der Waals surface area contributed by atoms with Crippen LogP contribution in [-0.2, 0) is 16.1 Å².